The van der Waals surface area contributed by atoms with Gasteiger partial charge in [-0.15, -0.1) is 0 Å². The Morgan fingerprint density at radius 1 is 1.29 bits per heavy atom. The van der Waals surface area contributed by atoms with Gasteiger partial charge in [0, 0.05) is 0 Å². The molecule has 0 bridgehead atoms. The molecule has 0 radical (unpaired) electrons. The quantitative estimate of drug-likeness (QED) is 0.829. The Bertz CT molecular complexity index is 395. The molecule has 1 unspecified atom stereocenters. The van der Waals surface area contributed by atoms with E-state index in [1.54, 1.807) is 6.92 Å². The molecule has 14 heavy (non-hydrogen) atoms. The van der Waals surface area contributed by atoms with E-state index in [0.717, 1.165) is 12.0 Å². The molecule has 1 aromatic rings. The summed E-state index contributed by atoms with van der Waals surface area (Å²) in [6.45, 7) is 3.65. The number of aryl methyl sites for hydroxylation is 1. The lowest BCUT2D eigenvalue weighted by Crippen LogP contribution is -2.19. The first-order chi connectivity index (χ1) is 6.45. The molecule has 4 heteroatoms. The number of primary sulfonamides is 1. The Labute approximate surface area is 85.0 Å². The van der Waals surface area contributed by atoms with E-state index in [4.69, 9.17) is 5.14 Å². The SMILES string of the molecule is CCc1ccc(C(C)S(N)(=O)=O)cc1. The third-order valence-corrected chi connectivity index (χ3v) is 3.61. The van der Waals surface area contributed by atoms with E-state index in [1.165, 1.54) is 5.56 Å². The molecule has 1 rings (SSSR count). The monoisotopic (exact) mass is 213 g/mol. The van der Waals surface area contributed by atoms with E-state index < -0.39 is 15.3 Å². The van der Waals surface area contributed by atoms with Crippen LogP contribution in [0.15, 0.2) is 24.3 Å². The van der Waals surface area contributed by atoms with Crippen molar-refractivity contribution in [2.24, 2.45) is 5.14 Å². The highest BCUT2D eigenvalue weighted by Gasteiger charge is 2.17. The Kier molecular flexibility index (Phi) is 3.29. The Morgan fingerprint density at radius 3 is 2.14 bits per heavy atom. The van der Waals surface area contributed by atoms with Crippen LogP contribution in [0.4, 0.5) is 0 Å². The summed E-state index contributed by atoms with van der Waals surface area (Å²) in [5.74, 6) is 0. The lowest BCUT2D eigenvalue weighted by Gasteiger charge is -2.09. The molecule has 0 spiro atoms. The maximum atomic E-state index is 11.1. The largest absolute Gasteiger partial charge is 0.228 e. The van der Waals surface area contributed by atoms with Crippen molar-refractivity contribution in [3.8, 4) is 0 Å². The second-order valence-corrected chi connectivity index (χ2v) is 5.21. The van der Waals surface area contributed by atoms with Crippen molar-refractivity contribution in [2.45, 2.75) is 25.5 Å². The van der Waals surface area contributed by atoms with Crippen LogP contribution in [0, 0.1) is 0 Å². The third-order valence-electron chi connectivity index (χ3n) is 2.35. The fourth-order valence-corrected chi connectivity index (χ4v) is 1.75. The van der Waals surface area contributed by atoms with Gasteiger partial charge in [-0.1, -0.05) is 31.2 Å². The van der Waals surface area contributed by atoms with E-state index in [-0.39, 0.29) is 0 Å². The predicted octanol–water partition coefficient (Wildman–Crippen LogP) is 1.60. The second kappa shape index (κ2) is 4.11. The van der Waals surface area contributed by atoms with Crippen LogP contribution >= 0.6 is 0 Å². The summed E-state index contributed by atoms with van der Waals surface area (Å²) in [4.78, 5) is 0. The van der Waals surface area contributed by atoms with Gasteiger partial charge < -0.3 is 0 Å². The first-order valence-corrected chi connectivity index (χ1v) is 6.16. The zero-order valence-corrected chi connectivity index (χ0v) is 9.21. The molecule has 0 amide bonds. The molecule has 0 aromatic heterocycles. The van der Waals surface area contributed by atoms with Gasteiger partial charge in [0.15, 0.2) is 0 Å². The van der Waals surface area contributed by atoms with Gasteiger partial charge in [0.25, 0.3) is 0 Å². The Balaban J connectivity index is 2.98. The number of benzene rings is 1. The number of rotatable bonds is 3. The van der Waals surface area contributed by atoms with Crippen LogP contribution in [0.25, 0.3) is 0 Å². The van der Waals surface area contributed by atoms with Crippen molar-refractivity contribution in [1.29, 1.82) is 0 Å². The van der Waals surface area contributed by atoms with Gasteiger partial charge >= 0.3 is 0 Å². The average molecular weight is 213 g/mol. The minimum absolute atomic E-state index is 0.631. The maximum absolute atomic E-state index is 11.1. The predicted molar refractivity (Wildman–Crippen MR) is 57.3 cm³/mol. The summed E-state index contributed by atoms with van der Waals surface area (Å²) in [5.41, 5.74) is 1.93. The topological polar surface area (TPSA) is 60.2 Å². The zero-order valence-electron chi connectivity index (χ0n) is 8.40. The molecule has 2 N–H and O–H groups in total. The number of sulfonamides is 1. The lowest BCUT2D eigenvalue weighted by atomic mass is 10.1. The fraction of sp³-hybridized carbons (Fsp3) is 0.400. The second-order valence-electron chi connectivity index (χ2n) is 3.33. The summed E-state index contributed by atoms with van der Waals surface area (Å²) in [6, 6.07) is 7.48. The van der Waals surface area contributed by atoms with E-state index in [2.05, 4.69) is 6.92 Å². The molecule has 0 saturated carbocycles. The summed E-state index contributed by atoms with van der Waals surface area (Å²) in [7, 11) is -3.48. The van der Waals surface area contributed by atoms with Crippen LogP contribution < -0.4 is 5.14 Å². The third kappa shape index (κ3) is 2.56. The number of nitrogens with two attached hydrogens (primary N) is 1. The molecule has 0 aliphatic carbocycles. The highest BCUT2D eigenvalue weighted by molar-refractivity contribution is 7.89. The lowest BCUT2D eigenvalue weighted by molar-refractivity contribution is 0.588. The molecule has 0 saturated heterocycles. The van der Waals surface area contributed by atoms with Crippen LogP contribution in [0.5, 0.6) is 0 Å². The number of hydrogen-bond acceptors (Lipinski definition) is 2. The highest BCUT2D eigenvalue weighted by Crippen LogP contribution is 2.19. The van der Waals surface area contributed by atoms with E-state index in [9.17, 15) is 8.42 Å². The van der Waals surface area contributed by atoms with Gasteiger partial charge in [-0.05, 0) is 24.5 Å². The molecule has 0 aliphatic heterocycles. The molecule has 3 nitrogen and oxygen atoms in total. The minimum atomic E-state index is -3.48. The highest BCUT2D eigenvalue weighted by atomic mass is 32.2. The van der Waals surface area contributed by atoms with Gasteiger partial charge in [-0.2, -0.15) is 0 Å². The summed E-state index contributed by atoms with van der Waals surface area (Å²) < 4.78 is 22.1. The van der Waals surface area contributed by atoms with Crippen molar-refractivity contribution in [3.63, 3.8) is 0 Å². The van der Waals surface area contributed by atoms with Crippen molar-refractivity contribution < 1.29 is 8.42 Å². The molecule has 0 aliphatic rings. The first-order valence-electron chi connectivity index (χ1n) is 4.55. The van der Waals surface area contributed by atoms with Gasteiger partial charge in [0.2, 0.25) is 10.0 Å². The van der Waals surface area contributed by atoms with Crippen molar-refractivity contribution in [2.75, 3.05) is 0 Å². The summed E-state index contributed by atoms with van der Waals surface area (Å²) in [5, 5.41) is 4.42. The van der Waals surface area contributed by atoms with E-state index >= 15 is 0 Å². The molecule has 1 aromatic carbocycles. The molecular formula is C10H15NO2S. The summed E-state index contributed by atoms with van der Waals surface area (Å²) in [6.07, 6.45) is 0.948. The van der Waals surface area contributed by atoms with Crippen LogP contribution in [0.1, 0.15) is 30.2 Å². The van der Waals surface area contributed by atoms with E-state index in [0.29, 0.717) is 0 Å². The van der Waals surface area contributed by atoms with Crippen LogP contribution in [-0.4, -0.2) is 8.42 Å². The van der Waals surface area contributed by atoms with Crippen molar-refractivity contribution in [3.05, 3.63) is 35.4 Å². The van der Waals surface area contributed by atoms with Gasteiger partial charge in [0.1, 0.15) is 0 Å². The van der Waals surface area contributed by atoms with E-state index in [1.807, 2.05) is 24.3 Å². The smallest absolute Gasteiger partial charge is 0.215 e. The molecule has 78 valence electrons. The number of hydrogen-bond donors (Lipinski definition) is 1. The van der Waals surface area contributed by atoms with Gasteiger partial charge in [0.05, 0.1) is 5.25 Å². The minimum Gasteiger partial charge on any atom is -0.228 e. The average Bonchev–Trinajstić information content (AvgIpc) is 2.15. The molecular weight excluding hydrogens is 198 g/mol. The Morgan fingerprint density at radius 2 is 1.79 bits per heavy atom. The maximum Gasteiger partial charge on any atom is 0.215 e. The Hall–Kier alpha value is -0.870. The van der Waals surface area contributed by atoms with Crippen LogP contribution in [0.3, 0.4) is 0 Å². The summed E-state index contributed by atoms with van der Waals surface area (Å²) >= 11 is 0. The normalized spacial score (nSPS) is 13.9. The van der Waals surface area contributed by atoms with Gasteiger partial charge in [-0.25, -0.2) is 13.6 Å². The zero-order chi connectivity index (χ0) is 10.8. The fourth-order valence-electron chi connectivity index (χ4n) is 1.21. The van der Waals surface area contributed by atoms with Crippen molar-refractivity contribution in [1.82, 2.24) is 0 Å². The van der Waals surface area contributed by atoms with Crippen LogP contribution in [-0.2, 0) is 16.4 Å². The van der Waals surface area contributed by atoms with Gasteiger partial charge in [-0.3, -0.25) is 0 Å². The molecule has 1 atom stereocenters. The standard InChI is InChI=1S/C10H15NO2S/c1-3-9-4-6-10(7-5-9)8(2)14(11,12)13/h4-8H,3H2,1-2H3,(H2,11,12,13). The molecule has 0 heterocycles. The first kappa shape index (κ1) is 11.2. The molecule has 0 fully saturated rings. The van der Waals surface area contributed by atoms with Crippen LogP contribution in [0.2, 0.25) is 0 Å². The van der Waals surface area contributed by atoms with Crippen molar-refractivity contribution >= 4 is 10.0 Å².